The summed E-state index contributed by atoms with van der Waals surface area (Å²) >= 11 is 0. The van der Waals surface area contributed by atoms with Crippen molar-refractivity contribution >= 4 is 12.0 Å². The van der Waals surface area contributed by atoms with Gasteiger partial charge < -0.3 is 5.11 Å². The zero-order valence-corrected chi connectivity index (χ0v) is 8.68. The van der Waals surface area contributed by atoms with Gasteiger partial charge in [-0.25, -0.2) is 4.79 Å². The minimum Gasteiger partial charge on any atom is -0.478 e. The van der Waals surface area contributed by atoms with Crippen LogP contribution in [0.2, 0.25) is 0 Å². The molecule has 0 radical (unpaired) electrons. The first-order valence-electron chi connectivity index (χ1n) is 4.82. The molecule has 0 aliphatic heterocycles. The van der Waals surface area contributed by atoms with Crippen molar-refractivity contribution in [3.05, 3.63) is 53.6 Å². The Labute approximate surface area is 89.6 Å². The van der Waals surface area contributed by atoms with Gasteiger partial charge in [-0.2, -0.15) is 0 Å². The zero-order chi connectivity index (χ0) is 11.1. The molecule has 0 spiro atoms. The zero-order valence-electron chi connectivity index (χ0n) is 8.68. The summed E-state index contributed by atoms with van der Waals surface area (Å²) in [6.45, 7) is 1.60. The number of benzene rings is 1. The fraction of sp³-hybridized carbons (Fsp3) is 0.154. The monoisotopic (exact) mass is 202 g/mol. The molecule has 0 unspecified atom stereocenters. The van der Waals surface area contributed by atoms with Gasteiger partial charge >= 0.3 is 5.97 Å². The maximum absolute atomic E-state index is 10.5. The van der Waals surface area contributed by atoms with E-state index in [4.69, 9.17) is 5.11 Å². The van der Waals surface area contributed by atoms with Crippen molar-refractivity contribution < 1.29 is 9.90 Å². The summed E-state index contributed by atoms with van der Waals surface area (Å²) in [6.07, 6.45) is 6.27. The first kappa shape index (κ1) is 11.2. The molecule has 0 heterocycles. The predicted molar refractivity (Wildman–Crippen MR) is 61.5 cm³/mol. The maximum Gasteiger partial charge on any atom is 0.330 e. The summed E-state index contributed by atoms with van der Waals surface area (Å²) in [5.41, 5.74) is 1.51. The molecule has 0 aliphatic rings. The quantitative estimate of drug-likeness (QED) is 0.761. The summed E-state index contributed by atoms with van der Waals surface area (Å²) < 4.78 is 0. The van der Waals surface area contributed by atoms with Crippen LogP contribution >= 0.6 is 0 Å². The molecule has 78 valence electrons. The number of hydrogen-bond donors (Lipinski definition) is 1. The first-order chi connectivity index (χ1) is 7.20. The molecule has 0 aromatic heterocycles. The van der Waals surface area contributed by atoms with Crippen molar-refractivity contribution in [1.82, 2.24) is 0 Å². The Morgan fingerprint density at radius 3 is 2.60 bits per heavy atom. The van der Waals surface area contributed by atoms with Crippen LogP contribution in [-0.4, -0.2) is 11.1 Å². The van der Waals surface area contributed by atoms with Crippen LogP contribution in [-0.2, 0) is 4.79 Å². The Morgan fingerprint density at radius 1 is 1.33 bits per heavy atom. The Kier molecular flexibility index (Phi) is 4.35. The van der Waals surface area contributed by atoms with Crippen molar-refractivity contribution in [2.45, 2.75) is 13.3 Å². The standard InChI is InChI=1S/C13H14O2/c1-11(13(14)15)7-5-6-10-12-8-3-2-4-9-12/h2-4,6-10H,5H2,1H3,(H,14,15)/b10-6+,11-7?. The van der Waals surface area contributed by atoms with E-state index in [0.29, 0.717) is 12.0 Å². The van der Waals surface area contributed by atoms with E-state index in [2.05, 4.69) is 0 Å². The summed E-state index contributed by atoms with van der Waals surface area (Å²) in [5, 5.41) is 8.61. The molecule has 0 atom stereocenters. The molecule has 0 amide bonds. The van der Waals surface area contributed by atoms with Gasteiger partial charge in [0.1, 0.15) is 0 Å². The molecule has 1 rings (SSSR count). The highest BCUT2D eigenvalue weighted by molar-refractivity contribution is 5.85. The third-order valence-corrected chi connectivity index (χ3v) is 2.01. The Hall–Kier alpha value is -1.83. The van der Waals surface area contributed by atoms with Crippen molar-refractivity contribution in [2.75, 3.05) is 0 Å². The number of carboxylic acids is 1. The number of carbonyl (C=O) groups is 1. The van der Waals surface area contributed by atoms with Gasteiger partial charge in [-0.3, -0.25) is 0 Å². The van der Waals surface area contributed by atoms with Crippen molar-refractivity contribution in [2.24, 2.45) is 0 Å². The SMILES string of the molecule is CC(=CC/C=C/c1ccccc1)C(=O)O. The van der Waals surface area contributed by atoms with E-state index in [1.54, 1.807) is 13.0 Å². The van der Waals surface area contributed by atoms with Gasteiger partial charge in [-0.05, 0) is 18.9 Å². The second kappa shape index (κ2) is 5.81. The van der Waals surface area contributed by atoms with E-state index in [1.807, 2.05) is 42.5 Å². The Morgan fingerprint density at radius 2 is 2.00 bits per heavy atom. The van der Waals surface area contributed by atoms with E-state index in [9.17, 15) is 4.79 Å². The van der Waals surface area contributed by atoms with E-state index in [0.717, 1.165) is 5.56 Å². The molecule has 1 aromatic rings. The largest absolute Gasteiger partial charge is 0.478 e. The topological polar surface area (TPSA) is 37.3 Å². The molecule has 2 nitrogen and oxygen atoms in total. The maximum atomic E-state index is 10.5. The molecule has 0 saturated carbocycles. The normalized spacial score (nSPS) is 11.9. The molecule has 15 heavy (non-hydrogen) atoms. The molecular formula is C13H14O2. The Bertz CT molecular complexity index is 375. The predicted octanol–water partition coefficient (Wildman–Crippen LogP) is 3.12. The van der Waals surface area contributed by atoms with Gasteiger partial charge in [0.05, 0.1) is 0 Å². The van der Waals surface area contributed by atoms with Gasteiger partial charge in [0.2, 0.25) is 0 Å². The fourth-order valence-corrected chi connectivity index (χ4v) is 1.10. The number of aliphatic carboxylic acids is 1. The minimum absolute atomic E-state index is 0.382. The molecule has 0 saturated heterocycles. The second-order valence-electron chi connectivity index (χ2n) is 3.24. The lowest BCUT2D eigenvalue weighted by Gasteiger charge is -1.91. The number of allylic oxidation sites excluding steroid dienone is 2. The average molecular weight is 202 g/mol. The van der Waals surface area contributed by atoms with E-state index in [-0.39, 0.29) is 0 Å². The molecule has 0 aliphatic carbocycles. The van der Waals surface area contributed by atoms with Crippen LogP contribution in [0.3, 0.4) is 0 Å². The Balaban J connectivity index is 2.48. The lowest BCUT2D eigenvalue weighted by atomic mass is 10.2. The van der Waals surface area contributed by atoms with Crippen LogP contribution in [0, 0.1) is 0 Å². The van der Waals surface area contributed by atoms with Gasteiger partial charge in [0.15, 0.2) is 0 Å². The fourth-order valence-electron chi connectivity index (χ4n) is 1.10. The van der Waals surface area contributed by atoms with E-state index < -0.39 is 5.97 Å². The molecule has 0 fully saturated rings. The van der Waals surface area contributed by atoms with Crippen LogP contribution in [0.1, 0.15) is 18.9 Å². The summed E-state index contributed by atoms with van der Waals surface area (Å²) in [6, 6.07) is 9.91. The van der Waals surface area contributed by atoms with Crippen molar-refractivity contribution in [3.63, 3.8) is 0 Å². The number of hydrogen-bond acceptors (Lipinski definition) is 1. The van der Waals surface area contributed by atoms with Crippen LogP contribution in [0.25, 0.3) is 6.08 Å². The summed E-state index contributed by atoms with van der Waals surface area (Å²) in [5.74, 6) is -0.858. The highest BCUT2D eigenvalue weighted by Crippen LogP contribution is 2.03. The van der Waals surface area contributed by atoms with Gasteiger partial charge in [-0.15, -0.1) is 0 Å². The minimum atomic E-state index is -0.858. The lowest BCUT2D eigenvalue weighted by molar-refractivity contribution is -0.132. The summed E-state index contributed by atoms with van der Waals surface area (Å²) in [4.78, 5) is 10.5. The molecule has 1 aromatic carbocycles. The van der Waals surface area contributed by atoms with E-state index in [1.165, 1.54) is 0 Å². The van der Waals surface area contributed by atoms with Crippen LogP contribution in [0.5, 0.6) is 0 Å². The van der Waals surface area contributed by atoms with Crippen LogP contribution in [0.15, 0.2) is 48.1 Å². The van der Waals surface area contributed by atoms with Gasteiger partial charge in [0, 0.05) is 5.57 Å². The summed E-state index contributed by atoms with van der Waals surface area (Å²) in [7, 11) is 0. The van der Waals surface area contributed by atoms with Crippen LogP contribution < -0.4 is 0 Å². The van der Waals surface area contributed by atoms with E-state index >= 15 is 0 Å². The second-order valence-corrected chi connectivity index (χ2v) is 3.24. The van der Waals surface area contributed by atoms with Gasteiger partial charge in [-0.1, -0.05) is 48.6 Å². The smallest absolute Gasteiger partial charge is 0.330 e. The third-order valence-electron chi connectivity index (χ3n) is 2.01. The van der Waals surface area contributed by atoms with Crippen molar-refractivity contribution in [3.8, 4) is 0 Å². The number of carboxylic acid groups (broad SMARTS) is 1. The van der Waals surface area contributed by atoms with Gasteiger partial charge in [0.25, 0.3) is 0 Å². The third kappa shape index (κ3) is 4.27. The average Bonchev–Trinajstić information content (AvgIpc) is 2.25. The number of rotatable bonds is 4. The van der Waals surface area contributed by atoms with Crippen molar-refractivity contribution in [1.29, 1.82) is 0 Å². The highest BCUT2D eigenvalue weighted by atomic mass is 16.4. The lowest BCUT2D eigenvalue weighted by Crippen LogP contribution is -1.94. The molecular weight excluding hydrogens is 188 g/mol. The molecule has 0 bridgehead atoms. The first-order valence-corrected chi connectivity index (χ1v) is 4.82. The molecule has 1 N–H and O–H groups in total. The van der Waals surface area contributed by atoms with Crippen LogP contribution in [0.4, 0.5) is 0 Å². The highest BCUT2D eigenvalue weighted by Gasteiger charge is 1.96. The molecule has 2 heteroatoms.